The summed E-state index contributed by atoms with van der Waals surface area (Å²) in [6.07, 6.45) is 0.861. The van der Waals surface area contributed by atoms with Gasteiger partial charge in [-0.2, -0.15) is 0 Å². The molecule has 134 valence electrons. The van der Waals surface area contributed by atoms with E-state index in [1.54, 1.807) is 0 Å². The zero-order valence-corrected chi connectivity index (χ0v) is 16.2. The molecule has 1 atom stereocenters. The number of amides is 1. The van der Waals surface area contributed by atoms with Gasteiger partial charge in [0, 0.05) is 17.1 Å². The highest BCUT2D eigenvalue weighted by molar-refractivity contribution is 6.34. The van der Waals surface area contributed by atoms with Crippen LogP contribution in [0.5, 0.6) is 5.75 Å². The number of phenolic OH excluding ortho intramolecular Hbond substituents is 1. The van der Waals surface area contributed by atoms with Crippen LogP contribution in [0.15, 0.2) is 42.5 Å². The molecule has 0 fully saturated rings. The van der Waals surface area contributed by atoms with Gasteiger partial charge in [0.25, 0.3) is 0 Å². The monoisotopic (exact) mass is 379 g/mol. The average molecular weight is 380 g/mol. The van der Waals surface area contributed by atoms with E-state index < -0.39 is 0 Å². The Bertz CT molecular complexity index is 739. The van der Waals surface area contributed by atoms with Crippen molar-refractivity contribution in [1.82, 2.24) is 5.32 Å². The normalized spacial score (nSPS) is 12.7. The van der Waals surface area contributed by atoms with Gasteiger partial charge in [0.15, 0.2) is 0 Å². The Morgan fingerprint density at radius 1 is 1.12 bits per heavy atom. The summed E-state index contributed by atoms with van der Waals surface area (Å²) < 4.78 is 0. The highest BCUT2D eigenvalue weighted by Gasteiger charge is 2.26. The molecular weight excluding hydrogens is 357 g/mol. The Balaban J connectivity index is 2.11. The lowest BCUT2D eigenvalue weighted by atomic mass is 9.83. The molecule has 0 aromatic heterocycles. The molecule has 25 heavy (non-hydrogen) atoms. The Morgan fingerprint density at radius 3 is 2.36 bits per heavy atom. The van der Waals surface area contributed by atoms with E-state index in [2.05, 4.69) is 38.2 Å². The van der Waals surface area contributed by atoms with E-state index in [4.69, 9.17) is 23.2 Å². The van der Waals surface area contributed by atoms with Crippen molar-refractivity contribution in [2.24, 2.45) is 5.41 Å². The molecule has 5 heteroatoms. The van der Waals surface area contributed by atoms with E-state index in [1.165, 1.54) is 17.7 Å². The van der Waals surface area contributed by atoms with E-state index in [9.17, 15) is 9.90 Å². The SMILES string of the molecule is CC(C)(C)[C@H](Cc1ccccc1)NC(=O)Cc1cc(Cl)c(O)cc1Cl. The number of benzene rings is 2. The molecule has 0 unspecified atom stereocenters. The van der Waals surface area contributed by atoms with Gasteiger partial charge < -0.3 is 10.4 Å². The summed E-state index contributed by atoms with van der Waals surface area (Å²) in [6.45, 7) is 6.31. The van der Waals surface area contributed by atoms with Crippen LogP contribution < -0.4 is 5.32 Å². The van der Waals surface area contributed by atoms with Crippen molar-refractivity contribution in [3.05, 3.63) is 63.6 Å². The highest BCUT2D eigenvalue weighted by Crippen LogP contribution is 2.30. The van der Waals surface area contributed by atoms with Crippen molar-refractivity contribution >= 4 is 29.1 Å². The van der Waals surface area contributed by atoms with Gasteiger partial charge in [-0.3, -0.25) is 4.79 Å². The summed E-state index contributed by atoms with van der Waals surface area (Å²) in [4.78, 5) is 12.5. The Morgan fingerprint density at radius 2 is 1.76 bits per heavy atom. The number of carbonyl (C=O) groups excluding carboxylic acids is 1. The van der Waals surface area contributed by atoms with Crippen molar-refractivity contribution in [2.75, 3.05) is 0 Å². The molecule has 0 bridgehead atoms. The second-order valence-electron chi connectivity index (χ2n) is 7.25. The lowest BCUT2D eigenvalue weighted by Gasteiger charge is -2.32. The maximum atomic E-state index is 12.5. The average Bonchev–Trinajstić information content (AvgIpc) is 2.52. The first-order valence-electron chi connectivity index (χ1n) is 8.17. The maximum absolute atomic E-state index is 12.5. The van der Waals surface area contributed by atoms with Crippen LogP contribution in [0.4, 0.5) is 0 Å². The molecule has 2 aromatic carbocycles. The number of aromatic hydroxyl groups is 1. The molecule has 2 aromatic rings. The quantitative estimate of drug-likeness (QED) is 0.766. The van der Waals surface area contributed by atoms with Gasteiger partial charge >= 0.3 is 0 Å². The molecular formula is C20H23Cl2NO2. The summed E-state index contributed by atoms with van der Waals surface area (Å²) in [5.74, 6) is -0.216. The van der Waals surface area contributed by atoms with Gasteiger partial charge in [-0.25, -0.2) is 0 Å². The van der Waals surface area contributed by atoms with E-state index in [0.29, 0.717) is 10.6 Å². The second-order valence-corrected chi connectivity index (χ2v) is 8.06. The predicted octanol–water partition coefficient (Wildman–Crippen LogP) is 5.02. The first kappa shape index (κ1) is 19.6. The van der Waals surface area contributed by atoms with E-state index in [-0.39, 0.29) is 34.6 Å². The highest BCUT2D eigenvalue weighted by atomic mass is 35.5. The molecule has 0 saturated heterocycles. The van der Waals surface area contributed by atoms with Gasteiger partial charge in [-0.15, -0.1) is 0 Å². The van der Waals surface area contributed by atoms with Crippen molar-refractivity contribution in [3.63, 3.8) is 0 Å². The van der Waals surface area contributed by atoms with Crippen molar-refractivity contribution < 1.29 is 9.90 Å². The molecule has 0 saturated carbocycles. The lowest BCUT2D eigenvalue weighted by molar-refractivity contribution is -0.121. The number of hydrogen-bond acceptors (Lipinski definition) is 2. The minimum Gasteiger partial charge on any atom is -0.506 e. The van der Waals surface area contributed by atoms with Crippen LogP contribution in [0.1, 0.15) is 31.9 Å². The molecule has 1 amide bonds. The molecule has 0 radical (unpaired) electrons. The lowest BCUT2D eigenvalue weighted by Crippen LogP contribution is -2.45. The summed E-state index contributed by atoms with van der Waals surface area (Å²) in [7, 11) is 0. The van der Waals surface area contributed by atoms with Crippen molar-refractivity contribution in [1.29, 1.82) is 0 Å². The zero-order valence-electron chi connectivity index (χ0n) is 14.6. The van der Waals surface area contributed by atoms with Crippen LogP contribution in [0.25, 0.3) is 0 Å². The minimum atomic E-state index is -0.125. The van der Waals surface area contributed by atoms with Crippen LogP contribution in [-0.4, -0.2) is 17.1 Å². The summed E-state index contributed by atoms with van der Waals surface area (Å²) in [5, 5.41) is 13.2. The van der Waals surface area contributed by atoms with E-state index in [0.717, 1.165) is 6.42 Å². The van der Waals surface area contributed by atoms with Gasteiger partial charge in [0.2, 0.25) is 5.91 Å². The Hall–Kier alpha value is -1.71. The van der Waals surface area contributed by atoms with Gasteiger partial charge in [-0.1, -0.05) is 74.3 Å². The molecule has 0 aliphatic carbocycles. The van der Waals surface area contributed by atoms with Crippen LogP contribution in [0.2, 0.25) is 10.0 Å². The van der Waals surface area contributed by atoms with Crippen LogP contribution in [0.3, 0.4) is 0 Å². The first-order valence-corrected chi connectivity index (χ1v) is 8.92. The number of hydrogen-bond donors (Lipinski definition) is 2. The molecule has 2 N–H and O–H groups in total. The fourth-order valence-electron chi connectivity index (χ4n) is 2.55. The maximum Gasteiger partial charge on any atom is 0.224 e. The second kappa shape index (κ2) is 8.11. The first-order chi connectivity index (χ1) is 11.7. The smallest absolute Gasteiger partial charge is 0.224 e. The zero-order chi connectivity index (χ0) is 18.6. The molecule has 3 nitrogen and oxygen atoms in total. The van der Waals surface area contributed by atoms with Gasteiger partial charge in [0.05, 0.1) is 11.4 Å². The molecule has 0 aliphatic rings. The summed E-state index contributed by atoms with van der Waals surface area (Å²) >= 11 is 12.0. The fraction of sp³-hybridized carbons (Fsp3) is 0.350. The number of rotatable bonds is 5. The standard InChI is InChI=1S/C20H23Cl2NO2/c1-20(2,3)18(9-13-7-5-4-6-8-13)23-19(25)11-14-10-16(22)17(24)12-15(14)21/h4-8,10,12,18,24H,9,11H2,1-3H3,(H,23,25)/t18-/m0/s1. The molecule has 2 rings (SSSR count). The van der Waals surface area contributed by atoms with Crippen molar-refractivity contribution in [3.8, 4) is 5.75 Å². The fourth-order valence-corrected chi connectivity index (χ4v) is 2.97. The third-order valence-electron chi connectivity index (χ3n) is 4.13. The third kappa shape index (κ3) is 5.65. The summed E-state index contributed by atoms with van der Waals surface area (Å²) in [5.41, 5.74) is 1.67. The topological polar surface area (TPSA) is 49.3 Å². The minimum absolute atomic E-state index is 0.0197. The van der Waals surface area contributed by atoms with Crippen molar-refractivity contribution in [2.45, 2.75) is 39.7 Å². The Labute approximate surface area is 159 Å². The molecule has 0 spiro atoms. The third-order valence-corrected chi connectivity index (χ3v) is 4.78. The van der Waals surface area contributed by atoms with Gasteiger partial charge in [-0.05, 0) is 29.0 Å². The number of nitrogens with one attached hydrogen (secondary N) is 1. The Kier molecular flexibility index (Phi) is 6.36. The number of phenols is 1. The van der Waals surface area contributed by atoms with Crippen LogP contribution in [-0.2, 0) is 17.6 Å². The van der Waals surface area contributed by atoms with E-state index >= 15 is 0 Å². The summed E-state index contributed by atoms with van der Waals surface area (Å²) in [6, 6.07) is 13.0. The molecule has 0 heterocycles. The molecule has 0 aliphatic heterocycles. The van der Waals surface area contributed by atoms with Crippen LogP contribution >= 0.6 is 23.2 Å². The van der Waals surface area contributed by atoms with E-state index in [1.807, 2.05) is 18.2 Å². The number of halogens is 2. The number of carbonyl (C=O) groups is 1. The predicted molar refractivity (Wildman–Crippen MR) is 103 cm³/mol. The largest absolute Gasteiger partial charge is 0.506 e. The van der Waals surface area contributed by atoms with Crippen LogP contribution in [0, 0.1) is 5.41 Å². The van der Waals surface area contributed by atoms with Gasteiger partial charge in [0.1, 0.15) is 5.75 Å².